The Morgan fingerprint density at radius 1 is 1.44 bits per heavy atom. The largest absolute Gasteiger partial charge is 0.480 e. The van der Waals surface area contributed by atoms with Gasteiger partial charge < -0.3 is 10.0 Å². The van der Waals surface area contributed by atoms with Crippen LogP contribution >= 0.6 is 23.5 Å². The summed E-state index contributed by atoms with van der Waals surface area (Å²) in [5.41, 5.74) is -0.310. The third-order valence-electron chi connectivity index (χ3n) is 2.93. The van der Waals surface area contributed by atoms with Crippen LogP contribution < -0.4 is 0 Å². The van der Waals surface area contributed by atoms with Crippen LogP contribution in [-0.2, 0) is 4.79 Å². The normalized spacial score (nSPS) is 28.9. The number of rotatable bonds is 4. The Kier molecular flexibility index (Phi) is 5.83. The molecule has 1 fully saturated rings. The van der Waals surface area contributed by atoms with Crippen molar-refractivity contribution >= 4 is 36.4 Å². The number of carbonyl (C=O) groups excluding carboxylic acids is 1. The fourth-order valence-electron chi connectivity index (χ4n) is 1.97. The number of hydrogen-bond acceptors (Lipinski definition) is 5. The number of allylic oxidation sites excluding steroid dienone is 1. The molecular formula is C12H21BO3S2. The first kappa shape index (κ1) is 16.2. The number of Topliss-reactive ketones (excluding diaryl/α,β-unsaturated/α-hetero) is 1. The van der Waals surface area contributed by atoms with Crippen LogP contribution in [0.1, 0.15) is 27.2 Å². The van der Waals surface area contributed by atoms with Gasteiger partial charge in [-0.1, -0.05) is 32.8 Å². The summed E-state index contributed by atoms with van der Waals surface area (Å²) in [4.78, 5) is 12.3. The van der Waals surface area contributed by atoms with Crippen molar-refractivity contribution in [2.24, 2.45) is 11.3 Å². The quantitative estimate of drug-likeness (QED) is 0.775. The molecule has 1 heterocycles. The van der Waals surface area contributed by atoms with E-state index in [1.807, 2.05) is 33.1 Å². The van der Waals surface area contributed by atoms with Crippen molar-refractivity contribution in [2.75, 3.05) is 6.26 Å². The highest BCUT2D eigenvalue weighted by molar-refractivity contribution is 8.17. The van der Waals surface area contributed by atoms with Gasteiger partial charge >= 0.3 is 7.12 Å². The van der Waals surface area contributed by atoms with Crippen LogP contribution in [-0.4, -0.2) is 39.0 Å². The molecule has 1 rings (SSSR count). The van der Waals surface area contributed by atoms with E-state index in [0.717, 1.165) is 6.42 Å². The predicted octanol–water partition coefficient (Wildman–Crippen LogP) is 1.98. The van der Waals surface area contributed by atoms with Gasteiger partial charge in [0.1, 0.15) is 0 Å². The van der Waals surface area contributed by atoms with Gasteiger partial charge in [-0.2, -0.15) is 11.8 Å². The van der Waals surface area contributed by atoms with E-state index in [2.05, 4.69) is 0 Å². The molecule has 0 spiro atoms. The molecule has 1 aliphatic heterocycles. The third-order valence-corrected chi connectivity index (χ3v) is 6.01. The second-order valence-electron chi connectivity index (χ2n) is 5.54. The maximum atomic E-state index is 12.3. The maximum absolute atomic E-state index is 12.3. The Labute approximate surface area is 118 Å². The fraction of sp³-hybridized carbons (Fsp3) is 0.750. The lowest BCUT2D eigenvalue weighted by molar-refractivity contribution is -0.125. The Bertz CT molecular complexity index is 326. The summed E-state index contributed by atoms with van der Waals surface area (Å²) in [5.74, 6) is 1.90. The van der Waals surface area contributed by atoms with Crippen molar-refractivity contribution in [1.29, 1.82) is 0 Å². The van der Waals surface area contributed by atoms with E-state index in [9.17, 15) is 4.79 Å². The summed E-state index contributed by atoms with van der Waals surface area (Å²) >= 11 is 3.42. The van der Waals surface area contributed by atoms with Gasteiger partial charge in [0.05, 0.1) is 9.83 Å². The first-order valence-corrected chi connectivity index (χ1v) is 8.26. The zero-order valence-electron chi connectivity index (χ0n) is 11.3. The summed E-state index contributed by atoms with van der Waals surface area (Å²) in [5, 5.41) is 17.7. The molecule has 0 aliphatic carbocycles. The van der Waals surface area contributed by atoms with Gasteiger partial charge in [0.25, 0.3) is 0 Å². The van der Waals surface area contributed by atoms with Crippen molar-refractivity contribution in [3.8, 4) is 0 Å². The van der Waals surface area contributed by atoms with Gasteiger partial charge in [-0.3, -0.25) is 4.79 Å². The second-order valence-corrected chi connectivity index (χ2v) is 8.17. The van der Waals surface area contributed by atoms with E-state index in [4.69, 9.17) is 10.0 Å². The van der Waals surface area contributed by atoms with Crippen LogP contribution in [0.4, 0.5) is 0 Å². The third kappa shape index (κ3) is 4.33. The zero-order valence-corrected chi connectivity index (χ0v) is 12.9. The molecule has 1 saturated heterocycles. The zero-order chi connectivity index (χ0) is 13.9. The molecule has 3 nitrogen and oxygen atoms in total. The molecule has 0 bridgehead atoms. The van der Waals surface area contributed by atoms with Crippen molar-refractivity contribution in [3.63, 3.8) is 0 Å². The van der Waals surface area contributed by atoms with Gasteiger partial charge in [0.2, 0.25) is 0 Å². The topological polar surface area (TPSA) is 57.5 Å². The van der Waals surface area contributed by atoms with E-state index in [1.54, 1.807) is 23.5 Å². The fourth-order valence-corrected chi connectivity index (χ4v) is 4.91. The van der Waals surface area contributed by atoms with E-state index >= 15 is 0 Å². The Hall–Kier alpha value is 0.0949. The molecule has 3 unspecified atom stereocenters. The molecule has 0 aromatic rings. The summed E-state index contributed by atoms with van der Waals surface area (Å²) in [6, 6.07) is 0. The van der Waals surface area contributed by atoms with Crippen LogP contribution in [0.3, 0.4) is 0 Å². The highest BCUT2D eigenvalue weighted by atomic mass is 32.2. The molecule has 0 saturated carbocycles. The average molecular weight is 288 g/mol. The first-order valence-electron chi connectivity index (χ1n) is 6.02. The number of carbonyl (C=O) groups is 1. The molecule has 3 atom stereocenters. The molecule has 6 heteroatoms. The standard InChI is InChI=1S/C12H21BO3S2/c1-12(2,3)10(14)9-7-8(5-6-13(15)16)11(17-4)18-9/h5-6,8-9,11,15-16H,7H2,1-4H3. The summed E-state index contributed by atoms with van der Waals surface area (Å²) in [7, 11) is -1.41. The lowest BCUT2D eigenvalue weighted by atomic mass is 9.85. The van der Waals surface area contributed by atoms with Crippen LogP contribution in [0.2, 0.25) is 0 Å². The Morgan fingerprint density at radius 3 is 2.50 bits per heavy atom. The van der Waals surface area contributed by atoms with Crippen LogP contribution in [0, 0.1) is 11.3 Å². The lowest BCUT2D eigenvalue weighted by Gasteiger charge is -2.20. The molecule has 102 valence electrons. The summed E-state index contributed by atoms with van der Waals surface area (Å²) < 4.78 is 0.316. The molecule has 1 aliphatic rings. The minimum absolute atomic E-state index is 0.0212. The van der Waals surface area contributed by atoms with Gasteiger partial charge in [-0.25, -0.2) is 0 Å². The molecule has 0 amide bonds. The summed E-state index contributed by atoms with van der Waals surface area (Å²) in [6.45, 7) is 5.85. The van der Waals surface area contributed by atoms with E-state index in [1.165, 1.54) is 5.98 Å². The molecular weight excluding hydrogens is 267 g/mol. The van der Waals surface area contributed by atoms with Crippen molar-refractivity contribution < 1.29 is 14.8 Å². The van der Waals surface area contributed by atoms with E-state index in [-0.39, 0.29) is 22.4 Å². The monoisotopic (exact) mass is 288 g/mol. The van der Waals surface area contributed by atoms with Gasteiger partial charge in [-0.15, -0.1) is 11.8 Å². The SMILES string of the molecule is CSC1SC(C(=O)C(C)(C)C)CC1C=CB(O)O. The smallest absolute Gasteiger partial charge is 0.424 e. The minimum Gasteiger partial charge on any atom is -0.424 e. The molecule has 0 aromatic heterocycles. The van der Waals surface area contributed by atoms with Gasteiger partial charge in [0.15, 0.2) is 5.78 Å². The van der Waals surface area contributed by atoms with Crippen molar-refractivity contribution in [2.45, 2.75) is 37.0 Å². The van der Waals surface area contributed by atoms with E-state index in [0.29, 0.717) is 4.58 Å². The highest BCUT2D eigenvalue weighted by Gasteiger charge is 2.40. The second kappa shape index (κ2) is 6.50. The Balaban J connectivity index is 2.71. The maximum Gasteiger partial charge on any atom is 0.480 e. The molecule has 18 heavy (non-hydrogen) atoms. The number of hydrogen-bond donors (Lipinski definition) is 2. The molecule has 0 radical (unpaired) electrons. The number of thioether (sulfide) groups is 2. The van der Waals surface area contributed by atoms with Crippen molar-refractivity contribution in [3.05, 3.63) is 12.1 Å². The lowest BCUT2D eigenvalue weighted by Crippen LogP contribution is -2.29. The van der Waals surface area contributed by atoms with Gasteiger partial charge in [0, 0.05) is 5.41 Å². The minimum atomic E-state index is -1.41. The Morgan fingerprint density at radius 2 is 2.06 bits per heavy atom. The van der Waals surface area contributed by atoms with Crippen LogP contribution in [0.5, 0.6) is 0 Å². The molecule has 2 N–H and O–H groups in total. The summed E-state index contributed by atoms with van der Waals surface area (Å²) in [6.07, 6.45) is 4.64. The van der Waals surface area contributed by atoms with Crippen LogP contribution in [0.25, 0.3) is 0 Å². The molecule has 0 aromatic carbocycles. The highest BCUT2D eigenvalue weighted by Crippen LogP contribution is 2.46. The van der Waals surface area contributed by atoms with Gasteiger partial charge in [-0.05, 0) is 18.6 Å². The van der Waals surface area contributed by atoms with Crippen LogP contribution in [0.15, 0.2) is 12.1 Å². The number of ketones is 1. The van der Waals surface area contributed by atoms with E-state index < -0.39 is 7.12 Å². The first-order chi connectivity index (χ1) is 8.25. The van der Waals surface area contributed by atoms with Crippen molar-refractivity contribution in [1.82, 2.24) is 0 Å². The predicted molar refractivity (Wildman–Crippen MR) is 80.6 cm³/mol. The average Bonchev–Trinajstić information content (AvgIpc) is 2.66.